The Balaban J connectivity index is 2.25. The van der Waals surface area contributed by atoms with Gasteiger partial charge in [0.2, 0.25) is 10.0 Å². The van der Waals surface area contributed by atoms with Crippen LogP contribution in [0.15, 0.2) is 35.2 Å². The molecule has 0 fully saturated rings. The van der Waals surface area contributed by atoms with Crippen molar-refractivity contribution in [3.63, 3.8) is 0 Å². The predicted molar refractivity (Wildman–Crippen MR) is 71.0 cm³/mol. The highest BCUT2D eigenvalue weighted by Crippen LogP contribution is 2.25. The number of sulfonamides is 1. The van der Waals surface area contributed by atoms with Gasteiger partial charge in [-0.25, -0.2) is 22.3 Å². The van der Waals surface area contributed by atoms with Gasteiger partial charge in [0.25, 0.3) is 0 Å². The molecular formula is C13H12F2N2O3S. The Hall–Kier alpha value is -2.06. The summed E-state index contributed by atoms with van der Waals surface area (Å²) in [5, 5.41) is 4.81. The lowest BCUT2D eigenvalue weighted by molar-refractivity contribution is 0.269. The lowest BCUT2D eigenvalue weighted by atomic mass is 10.3. The molecule has 0 aliphatic rings. The molecule has 1 aromatic heterocycles. The molecular weight excluding hydrogens is 302 g/mol. The van der Waals surface area contributed by atoms with Crippen LogP contribution in [0.4, 0.5) is 8.78 Å². The summed E-state index contributed by atoms with van der Waals surface area (Å²) in [6.07, 6.45) is 0. The lowest BCUT2D eigenvalue weighted by Crippen LogP contribution is -2.13. The zero-order valence-corrected chi connectivity index (χ0v) is 11.8. The Morgan fingerprint density at radius 3 is 2.38 bits per heavy atom. The molecule has 0 amide bonds. The predicted octanol–water partition coefficient (Wildman–Crippen LogP) is 1.89. The molecule has 0 spiro atoms. The Kier molecular flexibility index (Phi) is 4.19. The molecule has 5 nitrogen and oxygen atoms in total. The van der Waals surface area contributed by atoms with Crippen LogP contribution in [0.1, 0.15) is 11.4 Å². The summed E-state index contributed by atoms with van der Waals surface area (Å²) in [6, 6.07) is 6.36. The van der Waals surface area contributed by atoms with Crippen LogP contribution in [-0.4, -0.2) is 13.4 Å². The molecule has 0 atom stereocenters. The minimum atomic E-state index is -4.19. The zero-order valence-electron chi connectivity index (χ0n) is 11.0. The number of primary sulfonamides is 1. The minimum Gasteiger partial charge on any atom is -0.481 e. The molecule has 2 aromatic rings. The van der Waals surface area contributed by atoms with Crippen molar-refractivity contribution in [2.45, 2.75) is 18.4 Å². The number of nitrogens with two attached hydrogens (primary N) is 1. The Bertz CT molecular complexity index is 756. The third-order valence-corrected chi connectivity index (χ3v) is 3.50. The van der Waals surface area contributed by atoms with Gasteiger partial charge >= 0.3 is 0 Å². The number of pyridine rings is 1. The standard InChI is InChI=1S/C13H12F2N2O3S/c1-8-3-2-4-9(17-8)7-20-13-11(14)5-10(6-12(13)15)21(16,18)19/h2-6H,7H2,1H3,(H2,16,18,19). The van der Waals surface area contributed by atoms with Crippen molar-refractivity contribution in [3.8, 4) is 5.75 Å². The highest BCUT2D eigenvalue weighted by molar-refractivity contribution is 7.89. The molecule has 0 bridgehead atoms. The fourth-order valence-corrected chi connectivity index (χ4v) is 2.20. The summed E-state index contributed by atoms with van der Waals surface area (Å²) in [5.74, 6) is -2.97. The Morgan fingerprint density at radius 1 is 1.24 bits per heavy atom. The Morgan fingerprint density at radius 2 is 1.86 bits per heavy atom. The molecule has 2 rings (SSSR count). The highest BCUT2D eigenvalue weighted by Gasteiger charge is 2.18. The first-order valence-electron chi connectivity index (χ1n) is 5.84. The number of aromatic nitrogens is 1. The number of hydrogen-bond donors (Lipinski definition) is 1. The van der Waals surface area contributed by atoms with Crippen molar-refractivity contribution in [1.29, 1.82) is 0 Å². The van der Waals surface area contributed by atoms with Crippen molar-refractivity contribution in [3.05, 3.63) is 53.4 Å². The van der Waals surface area contributed by atoms with E-state index in [0.717, 1.165) is 5.69 Å². The topological polar surface area (TPSA) is 82.3 Å². The van der Waals surface area contributed by atoms with Crippen molar-refractivity contribution in [1.82, 2.24) is 4.98 Å². The molecule has 8 heteroatoms. The van der Waals surface area contributed by atoms with Gasteiger partial charge in [-0.1, -0.05) is 6.07 Å². The van der Waals surface area contributed by atoms with Crippen molar-refractivity contribution >= 4 is 10.0 Å². The maximum absolute atomic E-state index is 13.7. The van der Waals surface area contributed by atoms with Crippen molar-refractivity contribution in [2.24, 2.45) is 5.14 Å². The van der Waals surface area contributed by atoms with Crippen molar-refractivity contribution in [2.75, 3.05) is 0 Å². The molecule has 0 aliphatic carbocycles. The average molecular weight is 314 g/mol. The molecule has 0 saturated heterocycles. The van der Waals surface area contributed by atoms with Gasteiger partial charge < -0.3 is 4.74 Å². The van der Waals surface area contributed by atoms with Gasteiger partial charge in [0.05, 0.1) is 10.6 Å². The van der Waals surface area contributed by atoms with E-state index in [-0.39, 0.29) is 6.61 Å². The summed E-state index contributed by atoms with van der Waals surface area (Å²) >= 11 is 0. The maximum Gasteiger partial charge on any atom is 0.238 e. The number of aryl methyl sites for hydroxylation is 1. The number of nitrogens with zero attached hydrogens (tertiary/aromatic N) is 1. The fourth-order valence-electron chi connectivity index (χ4n) is 1.66. The van der Waals surface area contributed by atoms with E-state index in [1.165, 1.54) is 0 Å². The van der Waals surface area contributed by atoms with E-state index in [4.69, 9.17) is 9.88 Å². The van der Waals surface area contributed by atoms with Crippen LogP contribution >= 0.6 is 0 Å². The zero-order chi connectivity index (χ0) is 15.6. The van der Waals surface area contributed by atoms with Crippen molar-refractivity contribution < 1.29 is 21.9 Å². The number of benzene rings is 1. The monoisotopic (exact) mass is 314 g/mol. The second-order valence-electron chi connectivity index (χ2n) is 4.32. The molecule has 112 valence electrons. The first-order chi connectivity index (χ1) is 9.77. The quantitative estimate of drug-likeness (QED) is 0.934. The van der Waals surface area contributed by atoms with E-state index in [1.807, 2.05) is 0 Å². The van der Waals surface area contributed by atoms with E-state index < -0.39 is 32.3 Å². The fraction of sp³-hybridized carbons (Fsp3) is 0.154. The molecule has 0 radical (unpaired) electrons. The summed E-state index contributed by atoms with van der Waals surface area (Å²) in [7, 11) is -4.19. The average Bonchev–Trinajstić information content (AvgIpc) is 2.36. The summed E-state index contributed by atoms with van der Waals surface area (Å²) in [6.45, 7) is 1.62. The molecule has 0 saturated carbocycles. The van der Waals surface area contributed by atoms with Crippen LogP contribution in [0.25, 0.3) is 0 Å². The molecule has 2 N–H and O–H groups in total. The summed E-state index contributed by atoms with van der Waals surface area (Å²) < 4.78 is 54.6. The molecule has 1 aromatic carbocycles. The number of hydrogen-bond acceptors (Lipinski definition) is 4. The van der Waals surface area contributed by atoms with Gasteiger partial charge in [-0.15, -0.1) is 0 Å². The highest BCUT2D eigenvalue weighted by atomic mass is 32.2. The van der Waals surface area contributed by atoms with E-state index in [1.54, 1.807) is 25.1 Å². The van der Waals surface area contributed by atoms with E-state index in [0.29, 0.717) is 17.8 Å². The third-order valence-electron chi connectivity index (χ3n) is 2.61. The van der Waals surface area contributed by atoms with Gasteiger partial charge in [0.15, 0.2) is 17.4 Å². The lowest BCUT2D eigenvalue weighted by Gasteiger charge is -2.09. The smallest absolute Gasteiger partial charge is 0.238 e. The van der Waals surface area contributed by atoms with Crippen LogP contribution in [-0.2, 0) is 16.6 Å². The number of ether oxygens (including phenoxy) is 1. The second-order valence-corrected chi connectivity index (χ2v) is 5.88. The van der Waals surface area contributed by atoms with Crippen LogP contribution in [0.5, 0.6) is 5.75 Å². The first-order valence-corrected chi connectivity index (χ1v) is 7.39. The number of halogens is 2. The van der Waals surface area contributed by atoms with E-state index >= 15 is 0 Å². The molecule has 0 unspecified atom stereocenters. The molecule has 0 aliphatic heterocycles. The molecule has 1 heterocycles. The molecule has 21 heavy (non-hydrogen) atoms. The van der Waals surface area contributed by atoms with Crippen LogP contribution in [0.2, 0.25) is 0 Å². The Labute approximate surface area is 120 Å². The maximum atomic E-state index is 13.7. The largest absolute Gasteiger partial charge is 0.481 e. The first kappa shape index (κ1) is 15.3. The number of rotatable bonds is 4. The van der Waals surface area contributed by atoms with Gasteiger partial charge in [0, 0.05) is 5.69 Å². The van der Waals surface area contributed by atoms with Crippen LogP contribution in [0, 0.1) is 18.6 Å². The van der Waals surface area contributed by atoms with Gasteiger partial charge in [-0.05, 0) is 31.2 Å². The SMILES string of the molecule is Cc1cccc(COc2c(F)cc(S(N)(=O)=O)cc2F)n1. The van der Waals surface area contributed by atoms with Gasteiger partial charge in [-0.2, -0.15) is 0 Å². The third kappa shape index (κ3) is 3.73. The van der Waals surface area contributed by atoms with E-state index in [9.17, 15) is 17.2 Å². The second kappa shape index (κ2) is 5.74. The van der Waals surface area contributed by atoms with Crippen LogP contribution in [0.3, 0.4) is 0 Å². The van der Waals surface area contributed by atoms with Crippen LogP contribution < -0.4 is 9.88 Å². The summed E-state index contributed by atoms with van der Waals surface area (Å²) in [5.41, 5.74) is 1.23. The minimum absolute atomic E-state index is 0.149. The van der Waals surface area contributed by atoms with E-state index in [2.05, 4.69) is 4.98 Å². The van der Waals surface area contributed by atoms with Gasteiger partial charge in [0.1, 0.15) is 6.61 Å². The van der Waals surface area contributed by atoms with Gasteiger partial charge in [-0.3, -0.25) is 4.98 Å². The summed E-state index contributed by atoms with van der Waals surface area (Å²) in [4.78, 5) is 3.46. The normalized spacial score (nSPS) is 11.4.